The van der Waals surface area contributed by atoms with Gasteiger partial charge in [-0.2, -0.15) is 0 Å². The van der Waals surface area contributed by atoms with Crippen LogP contribution in [0.2, 0.25) is 0 Å². The summed E-state index contributed by atoms with van der Waals surface area (Å²) in [6.07, 6.45) is 1.01. The first-order valence-corrected chi connectivity index (χ1v) is 7.48. The van der Waals surface area contributed by atoms with Gasteiger partial charge in [0.2, 0.25) is 0 Å². The molecule has 0 saturated heterocycles. The van der Waals surface area contributed by atoms with Gasteiger partial charge in [-0.05, 0) is 64.2 Å². The zero-order chi connectivity index (χ0) is 11.8. The van der Waals surface area contributed by atoms with Crippen LogP contribution in [0, 0.1) is 10.5 Å². The van der Waals surface area contributed by atoms with Gasteiger partial charge in [-0.3, -0.25) is 0 Å². The Bertz CT molecular complexity index is 648. The Labute approximate surface area is 118 Å². The van der Waals surface area contributed by atoms with E-state index >= 15 is 0 Å². The maximum Gasteiger partial charge on any atom is 0.0601 e. The first-order valence-electron chi connectivity index (χ1n) is 5.52. The summed E-state index contributed by atoms with van der Waals surface area (Å²) >= 11 is 4.16. The Balaban J connectivity index is 1.96. The molecule has 0 bridgehead atoms. The van der Waals surface area contributed by atoms with E-state index in [2.05, 4.69) is 70.2 Å². The van der Waals surface area contributed by atoms with Crippen LogP contribution in [-0.4, -0.2) is 4.98 Å². The van der Waals surface area contributed by atoms with Crippen molar-refractivity contribution in [3.63, 3.8) is 0 Å². The quantitative estimate of drug-likeness (QED) is 0.641. The van der Waals surface area contributed by atoms with Crippen molar-refractivity contribution in [2.45, 2.75) is 13.3 Å². The van der Waals surface area contributed by atoms with Crippen LogP contribution < -0.4 is 0 Å². The van der Waals surface area contributed by atoms with Gasteiger partial charge in [0, 0.05) is 15.7 Å². The van der Waals surface area contributed by atoms with Crippen molar-refractivity contribution in [3.8, 4) is 0 Å². The molecule has 1 nitrogen and oxygen atoms in total. The van der Waals surface area contributed by atoms with E-state index in [0.717, 1.165) is 6.42 Å². The van der Waals surface area contributed by atoms with E-state index in [-0.39, 0.29) is 0 Å². The number of hydrogen-bond donors (Lipinski definition) is 1. The van der Waals surface area contributed by atoms with Gasteiger partial charge in [0.05, 0.1) is 10.2 Å². The number of benzene rings is 1. The highest BCUT2D eigenvalue weighted by Crippen LogP contribution is 2.28. The van der Waals surface area contributed by atoms with E-state index in [1.54, 1.807) is 0 Å². The fourth-order valence-electron chi connectivity index (χ4n) is 2.04. The molecule has 3 heteroatoms. The molecule has 1 aromatic carbocycles. The molecule has 2 heterocycles. The number of nitrogens with one attached hydrogen (secondary N) is 1. The van der Waals surface area contributed by atoms with Crippen LogP contribution >= 0.6 is 33.9 Å². The molecule has 1 N–H and O–H groups in total. The summed E-state index contributed by atoms with van der Waals surface area (Å²) in [5, 5.41) is 2.26. The molecule has 0 aliphatic rings. The fourth-order valence-corrected chi connectivity index (χ4v) is 3.42. The van der Waals surface area contributed by atoms with E-state index < -0.39 is 0 Å². The van der Waals surface area contributed by atoms with Crippen LogP contribution in [0.15, 0.2) is 35.7 Å². The summed E-state index contributed by atoms with van der Waals surface area (Å²) in [5.74, 6) is 0. The molecule has 0 aliphatic carbocycles. The Kier molecular flexibility index (Phi) is 2.96. The third-order valence-electron chi connectivity index (χ3n) is 2.87. The standard InChI is InChI=1S/C14H12INS/c1-9-6-13-14(16-9)11(8-17-13)7-10-2-4-12(15)5-3-10/h2-6,8,16H,7H2,1H3. The Hall–Kier alpha value is -0.810. The van der Waals surface area contributed by atoms with Gasteiger partial charge in [-0.25, -0.2) is 0 Å². The number of fused-ring (bicyclic) bond motifs is 1. The number of aromatic amines is 1. The van der Waals surface area contributed by atoms with Crippen molar-refractivity contribution in [2.24, 2.45) is 0 Å². The molecule has 0 unspecified atom stereocenters. The number of hydrogen-bond acceptors (Lipinski definition) is 1. The average Bonchev–Trinajstić information content (AvgIpc) is 2.83. The van der Waals surface area contributed by atoms with E-state index in [0.29, 0.717) is 0 Å². The van der Waals surface area contributed by atoms with Gasteiger partial charge in [0.15, 0.2) is 0 Å². The van der Waals surface area contributed by atoms with Crippen molar-refractivity contribution in [1.29, 1.82) is 0 Å². The molecule has 0 aliphatic heterocycles. The predicted molar refractivity (Wildman–Crippen MR) is 82.9 cm³/mol. The van der Waals surface area contributed by atoms with Gasteiger partial charge in [-0.15, -0.1) is 11.3 Å². The summed E-state index contributed by atoms with van der Waals surface area (Å²) < 4.78 is 2.65. The second-order valence-corrected chi connectivity index (χ2v) is 6.41. The first kappa shape index (κ1) is 11.3. The molecule has 0 radical (unpaired) electrons. The lowest BCUT2D eigenvalue weighted by molar-refractivity contribution is 1.20. The van der Waals surface area contributed by atoms with Gasteiger partial charge >= 0.3 is 0 Å². The molecule has 3 rings (SSSR count). The maximum atomic E-state index is 3.45. The molecule has 2 aromatic heterocycles. The second-order valence-electron chi connectivity index (χ2n) is 4.26. The van der Waals surface area contributed by atoms with Gasteiger partial charge in [0.1, 0.15) is 0 Å². The smallest absolute Gasteiger partial charge is 0.0601 e. The molecule has 86 valence electrons. The molecule has 0 spiro atoms. The summed E-state index contributed by atoms with van der Waals surface area (Å²) in [5.41, 5.74) is 5.33. The highest BCUT2D eigenvalue weighted by atomic mass is 127. The van der Waals surface area contributed by atoms with Crippen molar-refractivity contribution >= 4 is 44.1 Å². The normalized spacial score (nSPS) is 11.2. The number of H-pyrrole nitrogens is 1. The second kappa shape index (κ2) is 4.46. The lowest BCUT2D eigenvalue weighted by Crippen LogP contribution is -1.87. The van der Waals surface area contributed by atoms with Gasteiger partial charge in [0.25, 0.3) is 0 Å². The summed E-state index contributed by atoms with van der Waals surface area (Å²) in [7, 11) is 0. The average molecular weight is 353 g/mol. The van der Waals surface area contributed by atoms with Crippen molar-refractivity contribution in [2.75, 3.05) is 0 Å². The minimum atomic E-state index is 1.01. The fraction of sp³-hybridized carbons (Fsp3) is 0.143. The Morgan fingerprint density at radius 1 is 1.24 bits per heavy atom. The van der Waals surface area contributed by atoms with Gasteiger partial charge in [-0.1, -0.05) is 12.1 Å². The molecule has 0 saturated carbocycles. The topological polar surface area (TPSA) is 15.8 Å². The molecule has 0 atom stereocenters. The third kappa shape index (κ3) is 2.26. The molecule has 17 heavy (non-hydrogen) atoms. The molecular formula is C14H12INS. The summed E-state index contributed by atoms with van der Waals surface area (Å²) in [6, 6.07) is 11.0. The van der Waals surface area contributed by atoms with Crippen LogP contribution in [-0.2, 0) is 6.42 Å². The lowest BCUT2D eigenvalue weighted by atomic mass is 10.1. The van der Waals surface area contributed by atoms with Crippen LogP contribution in [0.5, 0.6) is 0 Å². The van der Waals surface area contributed by atoms with Crippen LogP contribution in [0.1, 0.15) is 16.8 Å². The predicted octanol–water partition coefficient (Wildman–Crippen LogP) is 4.73. The Morgan fingerprint density at radius 3 is 2.76 bits per heavy atom. The monoisotopic (exact) mass is 353 g/mol. The first-order chi connectivity index (χ1) is 8.22. The number of rotatable bonds is 2. The van der Waals surface area contributed by atoms with E-state index in [1.165, 1.54) is 30.6 Å². The van der Waals surface area contributed by atoms with Gasteiger partial charge < -0.3 is 4.98 Å². The minimum absolute atomic E-state index is 1.01. The highest BCUT2D eigenvalue weighted by molar-refractivity contribution is 14.1. The van der Waals surface area contributed by atoms with E-state index in [4.69, 9.17) is 0 Å². The van der Waals surface area contributed by atoms with Crippen LogP contribution in [0.3, 0.4) is 0 Å². The molecule has 0 amide bonds. The summed E-state index contributed by atoms with van der Waals surface area (Å²) in [4.78, 5) is 3.45. The van der Waals surface area contributed by atoms with E-state index in [1.807, 2.05) is 11.3 Å². The van der Waals surface area contributed by atoms with Crippen LogP contribution in [0.25, 0.3) is 10.2 Å². The molecule has 3 aromatic rings. The van der Waals surface area contributed by atoms with Crippen molar-refractivity contribution in [1.82, 2.24) is 4.98 Å². The molecule has 0 fully saturated rings. The summed E-state index contributed by atoms with van der Waals surface area (Å²) in [6.45, 7) is 2.11. The van der Waals surface area contributed by atoms with Crippen LogP contribution in [0.4, 0.5) is 0 Å². The zero-order valence-corrected chi connectivity index (χ0v) is 12.4. The maximum absolute atomic E-state index is 3.45. The number of thiophene rings is 1. The van der Waals surface area contributed by atoms with Crippen molar-refractivity contribution in [3.05, 3.63) is 56.1 Å². The Morgan fingerprint density at radius 2 is 2.00 bits per heavy atom. The highest BCUT2D eigenvalue weighted by Gasteiger charge is 2.07. The number of halogens is 1. The van der Waals surface area contributed by atoms with Crippen molar-refractivity contribution < 1.29 is 0 Å². The minimum Gasteiger partial charge on any atom is -0.358 e. The van der Waals surface area contributed by atoms with E-state index in [9.17, 15) is 0 Å². The number of aryl methyl sites for hydroxylation is 1. The third-order valence-corrected chi connectivity index (χ3v) is 4.57. The SMILES string of the molecule is Cc1cc2scc(Cc3ccc(I)cc3)c2[nH]1. The molecular weight excluding hydrogens is 341 g/mol. The number of aromatic nitrogens is 1. The lowest BCUT2D eigenvalue weighted by Gasteiger charge is -2.00. The zero-order valence-electron chi connectivity index (χ0n) is 9.46. The largest absolute Gasteiger partial charge is 0.358 e.